The number of hydrogen-bond donors (Lipinski definition) is 2. The van der Waals surface area contributed by atoms with Crippen molar-refractivity contribution >= 4 is 17.5 Å². The Morgan fingerprint density at radius 2 is 1.64 bits per heavy atom. The predicted octanol–water partition coefficient (Wildman–Crippen LogP) is 3.46. The van der Waals surface area contributed by atoms with Crippen molar-refractivity contribution in [2.75, 3.05) is 11.9 Å². The van der Waals surface area contributed by atoms with Crippen LogP contribution in [0.4, 0.5) is 5.69 Å². The number of carbonyl (C=O) groups excluding carboxylic acids is 2. The Bertz CT molecular complexity index is 752. The molecule has 1 aliphatic rings. The summed E-state index contributed by atoms with van der Waals surface area (Å²) < 4.78 is 0. The van der Waals surface area contributed by atoms with Gasteiger partial charge in [0.1, 0.15) is 5.41 Å². The Morgan fingerprint density at radius 1 is 0.960 bits per heavy atom. The van der Waals surface area contributed by atoms with Gasteiger partial charge in [-0.25, -0.2) is 0 Å². The molecule has 0 aliphatic heterocycles. The summed E-state index contributed by atoms with van der Waals surface area (Å²) in [5, 5.41) is 5.85. The molecule has 0 saturated heterocycles. The molecule has 0 radical (unpaired) electrons. The molecular formula is C21H24N2O2. The number of rotatable bonds is 7. The summed E-state index contributed by atoms with van der Waals surface area (Å²) in [6.07, 6.45) is 3.03. The van der Waals surface area contributed by atoms with E-state index in [2.05, 4.69) is 22.8 Å². The SMILES string of the molecule is Cc1ccccc1NC(=O)C1(C(=O)NCCCc2ccccc2)CC1. The molecule has 0 unspecified atom stereocenters. The Hall–Kier alpha value is -2.62. The molecule has 0 heterocycles. The number of anilines is 1. The average molecular weight is 336 g/mol. The molecule has 2 aromatic carbocycles. The number of para-hydroxylation sites is 1. The summed E-state index contributed by atoms with van der Waals surface area (Å²) >= 11 is 0. The van der Waals surface area contributed by atoms with E-state index in [9.17, 15) is 9.59 Å². The Labute approximate surface area is 148 Å². The van der Waals surface area contributed by atoms with Crippen LogP contribution in [0, 0.1) is 12.3 Å². The fourth-order valence-corrected chi connectivity index (χ4v) is 2.95. The van der Waals surface area contributed by atoms with Crippen LogP contribution in [-0.2, 0) is 16.0 Å². The molecule has 1 saturated carbocycles. The van der Waals surface area contributed by atoms with Crippen molar-refractivity contribution in [3.8, 4) is 0 Å². The van der Waals surface area contributed by atoms with Gasteiger partial charge in [-0.1, -0.05) is 48.5 Å². The smallest absolute Gasteiger partial charge is 0.240 e. The minimum absolute atomic E-state index is 0.147. The average Bonchev–Trinajstić information content (AvgIpc) is 3.43. The summed E-state index contributed by atoms with van der Waals surface area (Å²) in [6, 6.07) is 17.8. The second kappa shape index (κ2) is 7.51. The summed E-state index contributed by atoms with van der Waals surface area (Å²) in [6.45, 7) is 2.53. The number of benzene rings is 2. The first-order valence-corrected chi connectivity index (χ1v) is 8.81. The van der Waals surface area contributed by atoms with Gasteiger partial charge in [-0.05, 0) is 49.8 Å². The third-order valence-corrected chi connectivity index (χ3v) is 4.78. The van der Waals surface area contributed by atoms with E-state index in [0.29, 0.717) is 19.4 Å². The van der Waals surface area contributed by atoms with Crippen molar-refractivity contribution in [1.82, 2.24) is 5.32 Å². The zero-order valence-electron chi connectivity index (χ0n) is 14.5. The molecular weight excluding hydrogens is 312 g/mol. The minimum atomic E-state index is -0.880. The van der Waals surface area contributed by atoms with E-state index in [4.69, 9.17) is 0 Å². The van der Waals surface area contributed by atoms with E-state index in [0.717, 1.165) is 24.1 Å². The highest BCUT2D eigenvalue weighted by Crippen LogP contribution is 2.47. The maximum absolute atomic E-state index is 12.6. The molecule has 4 heteroatoms. The van der Waals surface area contributed by atoms with Gasteiger partial charge in [0.05, 0.1) is 0 Å². The van der Waals surface area contributed by atoms with Gasteiger partial charge in [0.2, 0.25) is 11.8 Å². The summed E-state index contributed by atoms with van der Waals surface area (Å²) in [7, 11) is 0. The molecule has 4 nitrogen and oxygen atoms in total. The highest BCUT2D eigenvalue weighted by molar-refractivity contribution is 6.13. The quantitative estimate of drug-likeness (QED) is 0.601. The lowest BCUT2D eigenvalue weighted by molar-refractivity contribution is -0.134. The van der Waals surface area contributed by atoms with Crippen LogP contribution in [0.15, 0.2) is 54.6 Å². The summed E-state index contributed by atoms with van der Waals surface area (Å²) in [5.74, 6) is -0.339. The van der Waals surface area contributed by atoms with Gasteiger partial charge < -0.3 is 10.6 Å². The van der Waals surface area contributed by atoms with Crippen molar-refractivity contribution in [3.05, 3.63) is 65.7 Å². The van der Waals surface area contributed by atoms with Crippen molar-refractivity contribution in [3.63, 3.8) is 0 Å². The predicted molar refractivity (Wildman–Crippen MR) is 99.2 cm³/mol. The van der Waals surface area contributed by atoms with Crippen LogP contribution < -0.4 is 10.6 Å². The van der Waals surface area contributed by atoms with Crippen molar-refractivity contribution in [2.24, 2.45) is 5.41 Å². The van der Waals surface area contributed by atoms with Gasteiger partial charge in [-0.3, -0.25) is 9.59 Å². The minimum Gasteiger partial charge on any atom is -0.355 e. The summed E-state index contributed by atoms with van der Waals surface area (Å²) in [5.41, 5.74) is 2.15. The van der Waals surface area contributed by atoms with Crippen LogP contribution in [-0.4, -0.2) is 18.4 Å². The number of carbonyl (C=O) groups is 2. The molecule has 2 N–H and O–H groups in total. The lowest BCUT2D eigenvalue weighted by Gasteiger charge is -2.16. The van der Waals surface area contributed by atoms with E-state index in [-0.39, 0.29) is 11.8 Å². The van der Waals surface area contributed by atoms with Gasteiger partial charge >= 0.3 is 0 Å². The van der Waals surface area contributed by atoms with Gasteiger partial charge in [-0.2, -0.15) is 0 Å². The first kappa shape index (κ1) is 17.2. The van der Waals surface area contributed by atoms with E-state index in [1.54, 1.807) is 0 Å². The molecule has 2 amide bonds. The topological polar surface area (TPSA) is 58.2 Å². The van der Waals surface area contributed by atoms with Crippen LogP contribution >= 0.6 is 0 Å². The Balaban J connectivity index is 1.49. The largest absolute Gasteiger partial charge is 0.355 e. The normalized spacial score (nSPS) is 14.6. The van der Waals surface area contributed by atoms with Crippen LogP contribution in [0.2, 0.25) is 0 Å². The lowest BCUT2D eigenvalue weighted by Crippen LogP contribution is -2.40. The monoisotopic (exact) mass is 336 g/mol. The molecule has 3 rings (SSSR count). The van der Waals surface area contributed by atoms with Crippen LogP contribution in [0.5, 0.6) is 0 Å². The van der Waals surface area contributed by atoms with Gasteiger partial charge in [-0.15, -0.1) is 0 Å². The maximum Gasteiger partial charge on any atom is 0.240 e. The van der Waals surface area contributed by atoms with Gasteiger partial charge in [0, 0.05) is 12.2 Å². The van der Waals surface area contributed by atoms with Gasteiger partial charge in [0.25, 0.3) is 0 Å². The molecule has 1 fully saturated rings. The first-order valence-electron chi connectivity index (χ1n) is 8.81. The van der Waals surface area contributed by atoms with Crippen molar-refractivity contribution in [1.29, 1.82) is 0 Å². The van der Waals surface area contributed by atoms with Crippen molar-refractivity contribution in [2.45, 2.75) is 32.6 Å². The first-order chi connectivity index (χ1) is 12.1. The number of nitrogens with one attached hydrogen (secondary N) is 2. The Kier molecular flexibility index (Phi) is 5.17. The third-order valence-electron chi connectivity index (χ3n) is 4.78. The highest BCUT2D eigenvalue weighted by Gasteiger charge is 2.56. The van der Waals surface area contributed by atoms with E-state index < -0.39 is 5.41 Å². The second-order valence-electron chi connectivity index (χ2n) is 6.70. The molecule has 2 aromatic rings. The second-order valence-corrected chi connectivity index (χ2v) is 6.70. The van der Waals surface area contributed by atoms with E-state index in [1.807, 2.05) is 49.4 Å². The van der Waals surface area contributed by atoms with E-state index in [1.165, 1.54) is 5.56 Å². The third kappa shape index (κ3) is 4.08. The van der Waals surface area contributed by atoms with Crippen molar-refractivity contribution < 1.29 is 9.59 Å². The maximum atomic E-state index is 12.6. The van der Waals surface area contributed by atoms with Gasteiger partial charge in [0.15, 0.2) is 0 Å². The molecule has 1 aliphatic carbocycles. The number of aryl methyl sites for hydroxylation is 2. The van der Waals surface area contributed by atoms with Crippen LogP contribution in [0.25, 0.3) is 0 Å². The number of amides is 2. The molecule has 0 spiro atoms. The molecule has 0 bridgehead atoms. The molecule has 25 heavy (non-hydrogen) atoms. The fraction of sp³-hybridized carbons (Fsp3) is 0.333. The number of hydrogen-bond acceptors (Lipinski definition) is 2. The highest BCUT2D eigenvalue weighted by atomic mass is 16.2. The zero-order valence-corrected chi connectivity index (χ0v) is 14.5. The fourth-order valence-electron chi connectivity index (χ4n) is 2.95. The molecule has 0 aromatic heterocycles. The van der Waals surface area contributed by atoms with Crippen LogP contribution in [0.1, 0.15) is 30.4 Å². The van der Waals surface area contributed by atoms with Crippen LogP contribution in [0.3, 0.4) is 0 Å². The summed E-state index contributed by atoms with van der Waals surface area (Å²) in [4.78, 5) is 25.1. The Morgan fingerprint density at radius 3 is 2.32 bits per heavy atom. The standard InChI is InChI=1S/C21H24N2O2/c1-16-8-5-6-12-18(16)23-20(25)21(13-14-21)19(24)22-15-7-11-17-9-3-2-4-10-17/h2-6,8-10,12H,7,11,13-15H2,1H3,(H,22,24)(H,23,25). The lowest BCUT2D eigenvalue weighted by atomic mass is 10.0. The zero-order chi connectivity index (χ0) is 17.7. The molecule has 0 atom stereocenters. The molecule has 130 valence electrons. The van der Waals surface area contributed by atoms with E-state index >= 15 is 0 Å².